The van der Waals surface area contributed by atoms with E-state index in [0.717, 1.165) is 0 Å². The van der Waals surface area contributed by atoms with Gasteiger partial charge < -0.3 is 14.6 Å². The number of carboxylic acids is 1. The van der Waals surface area contributed by atoms with Crippen molar-refractivity contribution >= 4 is 5.97 Å². The summed E-state index contributed by atoms with van der Waals surface area (Å²) in [5.41, 5.74) is 0. The van der Waals surface area contributed by atoms with E-state index in [4.69, 9.17) is 14.6 Å². The van der Waals surface area contributed by atoms with Crippen molar-refractivity contribution in [1.82, 2.24) is 5.32 Å². The average molecular weight is 233 g/mol. The molecular weight excluding hydrogens is 210 g/mol. The van der Waals surface area contributed by atoms with E-state index < -0.39 is 12.0 Å². The summed E-state index contributed by atoms with van der Waals surface area (Å²) in [5.74, 6) is -0.589. The first-order valence-electron chi connectivity index (χ1n) is 5.58. The fourth-order valence-corrected chi connectivity index (χ4v) is 1.29. The van der Waals surface area contributed by atoms with Crippen LogP contribution in [0.4, 0.5) is 0 Å². The minimum atomic E-state index is -0.899. The first kappa shape index (κ1) is 15.3. The van der Waals surface area contributed by atoms with Crippen molar-refractivity contribution in [1.29, 1.82) is 0 Å². The molecule has 5 heteroatoms. The lowest BCUT2D eigenvalue weighted by Crippen LogP contribution is -2.50. The molecule has 0 amide bonds. The largest absolute Gasteiger partial charge is 0.480 e. The van der Waals surface area contributed by atoms with Gasteiger partial charge in [0.05, 0.1) is 13.2 Å². The number of ether oxygens (including phenoxy) is 2. The third-order valence-electron chi connectivity index (χ3n) is 2.35. The van der Waals surface area contributed by atoms with E-state index in [1.165, 1.54) is 7.11 Å². The SMILES string of the molecule is CCOCC(NC(COC)C(=O)O)C(C)C. The van der Waals surface area contributed by atoms with Crippen LogP contribution < -0.4 is 5.32 Å². The Kier molecular flexibility index (Phi) is 8.15. The van der Waals surface area contributed by atoms with Crippen LogP contribution in [0.15, 0.2) is 0 Å². The van der Waals surface area contributed by atoms with Crippen molar-refractivity contribution in [3.05, 3.63) is 0 Å². The van der Waals surface area contributed by atoms with Gasteiger partial charge in [-0.15, -0.1) is 0 Å². The second kappa shape index (κ2) is 8.50. The van der Waals surface area contributed by atoms with Crippen molar-refractivity contribution in [2.45, 2.75) is 32.9 Å². The number of carboxylic acid groups (broad SMARTS) is 1. The molecule has 0 spiro atoms. The summed E-state index contributed by atoms with van der Waals surface area (Å²) in [7, 11) is 1.49. The Morgan fingerprint density at radius 1 is 1.38 bits per heavy atom. The van der Waals surface area contributed by atoms with E-state index in [1.807, 2.05) is 20.8 Å². The highest BCUT2D eigenvalue weighted by Crippen LogP contribution is 2.04. The summed E-state index contributed by atoms with van der Waals surface area (Å²) in [6, 6.07) is -0.658. The predicted octanol–water partition coefficient (Wildman–Crippen LogP) is 0.737. The highest BCUT2D eigenvalue weighted by Gasteiger charge is 2.23. The third kappa shape index (κ3) is 6.05. The van der Waals surface area contributed by atoms with Crippen molar-refractivity contribution in [3.63, 3.8) is 0 Å². The van der Waals surface area contributed by atoms with Crippen molar-refractivity contribution in [2.75, 3.05) is 26.9 Å². The number of hydrogen-bond acceptors (Lipinski definition) is 4. The monoisotopic (exact) mass is 233 g/mol. The van der Waals surface area contributed by atoms with Crippen molar-refractivity contribution in [3.8, 4) is 0 Å². The number of hydrogen-bond donors (Lipinski definition) is 2. The Morgan fingerprint density at radius 3 is 2.38 bits per heavy atom. The highest BCUT2D eigenvalue weighted by atomic mass is 16.5. The van der Waals surface area contributed by atoms with Gasteiger partial charge in [0.2, 0.25) is 0 Å². The molecule has 0 aliphatic carbocycles. The Morgan fingerprint density at radius 2 is 2.00 bits per heavy atom. The van der Waals surface area contributed by atoms with Crippen molar-refractivity contribution < 1.29 is 19.4 Å². The zero-order valence-corrected chi connectivity index (χ0v) is 10.5. The Hall–Kier alpha value is -0.650. The molecule has 0 rings (SSSR count). The molecule has 0 aromatic rings. The maximum Gasteiger partial charge on any atom is 0.323 e. The maximum atomic E-state index is 10.9. The predicted molar refractivity (Wildman–Crippen MR) is 61.6 cm³/mol. The van der Waals surface area contributed by atoms with Gasteiger partial charge in [-0.05, 0) is 12.8 Å². The second-order valence-electron chi connectivity index (χ2n) is 4.02. The van der Waals surface area contributed by atoms with Crippen LogP contribution in [0.25, 0.3) is 0 Å². The molecule has 16 heavy (non-hydrogen) atoms. The Bertz CT molecular complexity index is 196. The fourth-order valence-electron chi connectivity index (χ4n) is 1.29. The van der Waals surface area contributed by atoms with Crippen molar-refractivity contribution in [2.24, 2.45) is 5.92 Å². The number of rotatable bonds is 9. The highest BCUT2D eigenvalue weighted by molar-refractivity contribution is 5.73. The first-order valence-corrected chi connectivity index (χ1v) is 5.58. The molecule has 0 aliphatic heterocycles. The molecule has 0 saturated heterocycles. The lowest BCUT2D eigenvalue weighted by atomic mass is 10.0. The summed E-state index contributed by atoms with van der Waals surface area (Å²) in [4.78, 5) is 10.9. The fraction of sp³-hybridized carbons (Fsp3) is 0.909. The minimum Gasteiger partial charge on any atom is -0.480 e. The molecule has 2 unspecified atom stereocenters. The summed E-state index contributed by atoms with van der Waals surface area (Å²) < 4.78 is 10.2. The summed E-state index contributed by atoms with van der Waals surface area (Å²) in [6.07, 6.45) is 0. The van der Waals surface area contributed by atoms with Crippen LogP contribution in [-0.2, 0) is 14.3 Å². The van der Waals surface area contributed by atoms with Crippen LogP contribution in [0.5, 0.6) is 0 Å². The van der Waals surface area contributed by atoms with E-state index in [0.29, 0.717) is 19.1 Å². The molecule has 0 fully saturated rings. The Labute approximate surface area is 97.1 Å². The molecule has 0 aromatic heterocycles. The van der Waals surface area contributed by atoms with E-state index in [-0.39, 0.29) is 12.6 Å². The van der Waals surface area contributed by atoms with Crippen LogP contribution in [0.1, 0.15) is 20.8 Å². The zero-order valence-electron chi connectivity index (χ0n) is 10.5. The topological polar surface area (TPSA) is 67.8 Å². The molecule has 5 nitrogen and oxygen atoms in total. The van der Waals surface area contributed by atoms with Gasteiger partial charge >= 0.3 is 5.97 Å². The molecule has 0 bridgehead atoms. The molecule has 0 heterocycles. The van der Waals surface area contributed by atoms with Gasteiger partial charge in [-0.2, -0.15) is 0 Å². The van der Waals surface area contributed by atoms with Crippen LogP contribution in [0.3, 0.4) is 0 Å². The summed E-state index contributed by atoms with van der Waals surface area (Å²) in [5, 5.41) is 12.0. The van der Waals surface area contributed by atoms with Crippen LogP contribution in [0, 0.1) is 5.92 Å². The van der Waals surface area contributed by atoms with Gasteiger partial charge in [0.1, 0.15) is 6.04 Å². The molecular formula is C11H23NO4. The van der Waals surface area contributed by atoms with Gasteiger partial charge in [-0.3, -0.25) is 10.1 Å². The van der Waals surface area contributed by atoms with Gasteiger partial charge in [-0.1, -0.05) is 13.8 Å². The van der Waals surface area contributed by atoms with Gasteiger partial charge in [-0.25, -0.2) is 0 Å². The summed E-state index contributed by atoms with van der Waals surface area (Å²) >= 11 is 0. The normalized spacial score (nSPS) is 15.1. The van der Waals surface area contributed by atoms with Gasteiger partial charge in [0, 0.05) is 19.8 Å². The molecule has 0 radical (unpaired) electrons. The van der Waals surface area contributed by atoms with E-state index >= 15 is 0 Å². The van der Waals surface area contributed by atoms with Crippen LogP contribution >= 0.6 is 0 Å². The van der Waals surface area contributed by atoms with Gasteiger partial charge in [0.25, 0.3) is 0 Å². The van der Waals surface area contributed by atoms with Crippen LogP contribution in [0.2, 0.25) is 0 Å². The minimum absolute atomic E-state index is 0.0243. The van der Waals surface area contributed by atoms with E-state index in [2.05, 4.69) is 5.32 Å². The van der Waals surface area contributed by atoms with E-state index in [1.54, 1.807) is 0 Å². The molecule has 2 atom stereocenters. The molecule has 0 saturated carbocycles. The average Bonchev–Trinajstić information content (AvgIpc) is 2.21. The molecule has 2 N–H and O–H groups in total. The number of nitrogens with one attached hydrogen (secondary N) is 1. The lowest BCUT2D eigenvalue weighted by molar-refractivity contribution is -0.141. The molecule has 0 aromatic carbocycles. The quantitative estimate of drug-likeness (QED) is 0.614. The molecule has 96 valence electrons. The standard InChI is InChI=1S/C11H23NO4/c1-5-16-7-9(8(2)3)12-10(6-15-4)11(13)14/h8-10,12H,5-7H2,1-4H3,(H,13,14). The second-order valence-corrected chi connectivity index (χ2v) is 4.02. The Balaban J connectivity index is 4.26. The van der Waals surface area contributed by atoms with Crippen LogP contribution in [-0.4, -0.2) is 50.1 Å². The number of aliphatic carboxylic acids is 1. The maximum absolute atomic E-state index is 10.9. The van der Waals surface area contributed by atoms with E-state index in [9.17, 15) is 4.79 Å². The zero-order chi connectivity index (χ0) is 12.6. The molecule has 0 aliphatic rings. The first-order chi connectivity index (χ1) is 7.52. The lowest BCUT2D eigenvalue weighted by Gasteiger charge is -2.25. The number of carbonyl (C=O) groups is 1. The summed E-state index contributed by atoms with van der Waals surface area (Å²) in [6.45, 7) is 7.28. The number of methoxy groups -OCH3 is 1. The van der Waals surface area contributed by atoms with Gasteiger partial charge in [0.15, 0.2) is 0 Å². The third-order valence-corrected chi connectivity index (χ3v) is 2.35. The smallest absolute Gasteiger partial charge is 0.323 e.